The Kier molecular flexibility index (Phi) is 7.35. The number of rotatable bonds is 9. The van der Waals surface area contributed by atoms with Gasteiger partial charge in [-0.05, 0) is 12.8 Å². The zero-order valence-corrected chi connectivity index (χ0v) is 12.5. The normalized spacial score (nSPS) is 12.2. The number of hydrogen-bond donors (Lipinski definition) is 2. The van der Waals surface area contributed by atoms with Gasteiger partial charge in [0.25, 0.3) is 5.91 Å². The van der Waals surface area contributed by atoms with Crippen molar-refractivity contribution < 1.29 is 9.53 Å². The van der Waals surface area contributed by atoms with E-state index in [0.717, 1.165) is 25.8 Å². The van der Waals surface area contributed by atoms with Crippen molar-refractivity contribution in [3.8, 4) is 0 Å². The molecule has 0 spiro atoms. The monoisotopic (exact) mass is 286 g/mol. The fourth-order valence-electron chi connectivity index (χ4n) is 1.61. The lowest BCUT2D eigenvalue weighted by molar-refractivity contribution is 0.0890. The van der Waals surface area contributed by atoms with Crippen LogP contribution in [0.5, 0.6) is 0 Å². The van der Waals surface area contributed by atoms with Crippen LogP contribution in [-0.2, 0) is 4.74 Å². The number of carbonyl (C=O) groups is 1. The second-order valence-electron chi connectivity index (χ2n) is 4.25. The van der Waals surface area contributed by atoms with E-state index < -0.39 is 0 Å². The van der Waals surface area contributed by atoms with Crippen molar-refractivity contribution >= 4 is 22.4 Å². The third kappa shape index (κ3) is 5.52. The van der Waals surface area contributed by atoms with E-state index >= 15 is 0 Å². The summed E-state index contributed by atoms with van der Waals surface area (Å²) < 4.78 is 5.09. The second kappa shape index (κ2) is 8.82. The summed E-state index contributed by atoms with van der Waals surface area (Å²) in [6.45, 7) is 5.49. The van der Waals surface area contributed by atoms with E-state index in [1.165, 1.54) is 11.3 Å². The molecule has 1 aromatic rings. The van der Waals surface area contributed by atoms with Crippen LogP contribution in [0.1, 0.15) is 42.9 Å². The molecule has 2 N–H and O–H groups in total. The van der Waals surface area contributed by atoms with Crippen LogP contribution in [-0.4, -0.2) is 42.4 Å². The summed E-state index contributed by atoms with van der Waals surface area (Å²) in [6, 6.07) is 0.0263. The highest BCUT2D eigenvalue weighted by Crippen LogP contribution is 2.15. The zero-order valence-electron chi connectivity index (χ0n) is 11.7. The maximum atomic E-state index is 12.0. The van der Waals surface area contributed by atoms with Gasteiger partial charge in [0, 0.05) is 13.7 Å². The first-order valence-electron chi connectivity index (χ1n) is 6.58. The van der Waals surface area contributed by atoms with Crippen LogP contribution in [0.3, 0.4) is 0 Å². The highest BCUT2D eigenvalue weighted by Gasteiger charge is 2.17. The van der Waals surface area contributed by atoms with Gasteiger partial charge in [0.1, 0.15) is 0 Å². The van der Waals surface area contributed by atoms with Crippen LogP contribution in [0.2, 0.25) is 0 Å². The predicted octanol–water partition coefficient (Wildman–Crippen LogP) is 1.90. The van der Waals surface area contributed by atoms with Gasteiger partial charge in [0.2, 0.25) is 10.1 Å². The number of nitrogens with zero attached hydrogens (tertiary/aromatic N) is 2. The third-order valence-corrected chi connectivity index (χ3v) is 3.37. The molecule has 1 unspecified atom stereocenters. The van der Waals surface area contributed by atoms with E-state index in [-0.39, 0.29) is 11.9 Å². The first kappa shape index (κ1) is 15.8. The number of ether oxygens (including phenoxy) is 1. The lowest BCUT2D eigenvalue weighted by Gasteiger charge is -2.15. The van der Waals surface area contributed by atoms with E-state index in [0.29, 0.717) is 16.7 Å². The summed E-state index contributed by atoms with van der Waals surface area (Å²) in [5, 5.41) is 14.9. The molecule has 0 aliphatic carbocycles. The molecule has 19 heavy (non-hydrogen) atoms. The number of methoxy groups -OCH3 is 1. The lowest BCUT2D eigenvalue weighted by Crippen LogP contribution is -2.37. The maximum absolute atomic E-state index is 12.0. The Balaban J connectivity index is 2.53. The third-order valence-electron chi connectivity index (χ3n) is 2.49. The summed E-state index contributed by atoms with van der Waals surface area (Å²) in [4.78, 5) is 12.0. The van der Waals surface area contributed by atoms with Gasteiger partial charge in [-0.3, -0.25) is 4.79 Å². The molecule has 0 saturated carbocycles. The molecule has 1 atom stereocenters. The molecule has 1 heterocycles. The van der Waals surface area contributed by atoms with E-state index in [4.69, 9.17) is 4.74 Å². The Morgan fingerprint density at radius 2 is 2.16 bits per heavy atom. The summed E-state index contributed by atoms with van der Waals surface area (Å²) in [5.41, 5.74) is 0. The fourth-order valence-corrected chi connectivity index (χ4v) is 2.28. The van der Waals surface area contributed by atoms with Gasteiger partial charge >= 0.3 is 0 Å². The van der Waals surface area contributed by atoms with Gasteiger partial charge in [-0.1, -0.05) is 31.6 Å². The molecule has 1 aromatic heterocycles. The molecular formula is C12H22N4O2S. The van der Waals surface area contributed by atoms with Crippen LogP contribution in [0.15, 0.2) is 0 Å². The smallest absolute Gasteiger partial charge is 0.282 e. The molecule has 1 amide bonds. The number of hydrogen-bond acceptors (Lipinski definition) is 6. The number of carbonyl (C=O) groups excluding carboxylic acids is 1. The topological polar surface area (TPSA) is 76.1 Å². The van der Waals surface area contributed by atoms with Crippen LogP contribution in [0, 0.1) is 0 Å². The fraction of sp³-hybridized carbons (Fsp3) is 0.750. The van der Waals surface area contributed by atoms with E-state index in [1.807, 2.05) is 0 Å². The quantitative estimate of drug-likeness (QED) is 0.725. The van der Waals surface area contributed by atoms with Crippen LogP contribution >= 0.6 is 11.3 Å². The molecule has 6 nitrogen and oxygen atoms in total. The van der Waals surface area contributed by atoms with Gasteiger partial charge < -0.3 is 15.4 Å². The summed E-state index contributed by atoms with van der Waals surface area (Å²) in [6.07, 6.45) is 2.89. The molecule has 0 fully saturated rings. The minimum absolute atomic E-state index is 0.0263. The van der Waals surface area contributed by atoms with Crippen molar-refractivity contribution in [3.05, 3.63) is 5.01 Å². The average molecular weight is 286 g/mol. The van der Waals surface area contributed by atoms with Crippen molar-refractivity contribution in [2.75, 3.05) is 25.6 Å². The maximum Gasteiger partial charge on any atom is 0.282 e. The number of anilines is 1. The molecule has 0 aliphatic rings. The minimum Gasteiger partial charge on any atom is -0.383 e. The molecule has 0 radical (unpaired) electrons. The molecule has 7 heteroatoms. The van der Waals surface area contributed by atoms with E-state index in [9.17, 15) is 4.79 Å². The standard InChI is InChI=1S/C12H22N4O2S/c1-4-6-9(8-18-3)14-10(17)11-15-16-12(19-11)13-7-5-2/h9H,4-8H2,1-3H3,(H,13,16)(H,14,17). The number of nitrogens with one attached hydrogen (secondary N) is 2. The highest BCUT2D eigenvalue weighted by atomic mass is 32.1. The van der Waals surface area contributed by atoms with Gasteiger partial charge in [-0.2, -0.15) is 0 Å². The Hall–Kier alpha value is -1.21. The SMILES string of the molecule is CCCNc1nnc(C(=O)NC(CCC)COC)s1. The average Bonchev–Trinajstić information content (AvgIpc) is 2.85. The molecule has 0 bridgehead atoms. The van der Waals surface area contributed by atoms with Gasteiger partial charge in [0.15, 0.2) is 0 Å². The second-order valence-corrected chi connectivity index (χ2v) is 5.23. The lowest BCUT2D eigenvalue weighted by atomic mass is 10.2. The summed E-state index contributed by atoms with van der Waals surface area (Å²) in [5.74, 6) is -0.183. The van der Waals surface area contributed by atoms with Crippen molar-refractivity contribution in [3.63, 3.8) is 0 Å². The predicted molar refractivity (Wildman–Crippen MR) is 76.7 cm³/mol. The van der Waals surface area contributed by atoms with E-state index in [2.05, 4.69) is 34.7 Å². The summed E-state index contributed by atoms with van der Waals surface area (Å²) >= 11 is 1.27. The zero-order chi connectivity index (χ0) is 14.1. The molecule has 108 valence electrons. The molecule has 1 rings (SSSR count). The Labute approximate surface area is 118 Å². The van der Waals surface area contributed by atoms with E-state index in [1.54, 1.807) is 7.11 Å². The van der Waals surface area contributed by atoms with Gasteiger partial charge in [-0.25, -0.2) is 0 Å². The van der Waals surface area contributed by atoms with Crippen LogP contribution in [0.25, 0.3) is 0 Å². The van der Waals surface area contributed by atoms with Crippen molar-refractivity contribution in [1.29, 1.82) is 0 Å². The minimum atomic E-state index is -0.183. The molecular weight excluding hydrogens is 264 g/mol. The molecule has 0 aliphatic heterocycles. The van der Waals surface area contributed by atoms with Crippen molar-refractivity contribution in [2.24, 2.45) is 0 Å². The Morgan fingerprint density at radius 1 is 1.37 bits per heavy atom. The molecule has 0 aromatic carbocycles. The number of aromatic nitrogens is 2. The molecule has 0 saturated heterocycles. The number of amides is 1. The van der Waals surface area contributed by atoms with Gasteiger partial charge in [0.05, 0.1) is 12.6 Å². The Bertz CT molecular complexity index is 378. The first-order valence-corrected chi connectivity index (χ1v) is 7.40. The van der Waals surface area contributed by atoms with Crippen LogP contribution in [0.4, 0.5) is 5.13 Å². The van der Waals surface area contributed by atoms with Gasteiger partial charge in [-0.15, -0.1) is 10.2 Å². The largest absolute Gasteiger partial charge is 0.383 e. The van der Waals surface area contributed by atoms with Crippen molar-refractivity contribution in [2.45, 2.75) is 39.2 Å². The van der Waals surface area contributed by atoms with Crippen molar-refractivity contribution in [1.82, 2.24) is 15.5 Å². The van der Waals surface area contributed by atoms with Crippen LogP contribution < -0.4 is 10.6 Å². The summed E-state index contributed by atoms with van der Waals surface area (Å²) in [7, 11) is 1.63. The Morgan fingerprint density at radius 3 is 2.79 bits per heavy atom. The first-order chi connectivity index (χ1) is 9.21. The highest BCUT2D eigenvalue weighted by molar-refractivity contribution is 7.17.